The van der Waals surface area contributed by atoms with E-state index < -0.39 is 0 Å². The van der Waals surface area contributed by atoms with Gasteiger partial charge in [0, 0.05) is 31.9 Å². The van der Waals surface area contributed by atoms with Gasteiger partial charge in [0.25, 0.3) is 0 Å². The molecule has 0 saturated carbocycles. The average molecular weight is 290 g/mol. The van der Waals surface area contributed by atoms with Gasteiger partial charge in [-0.05, 0) is 44.4 Å². The lowest BCUT2D eigenvalue weighted by molar-refractivity contribution is -0.00470. The fourth-order valence-corrected chi connectivity index (χ4v) is 3.37. The predicted molar refractivity (Wildman–Crippen MR) is 90.0 cm³/mol. The summed E-state index contributed by atoms with van der Waals surface area (Å²) in [6.07, 6.45) is 3.45. The molecule has 2 atom stereocenters. The first-order valence-electron chi connectivity index (χ1n) is 8.26. The van der Waals surface area contributed by atoms with Crippen LogP contribution in [0, 0.1) is 0 Å². The summed E-state index contributed by atoms with van der Waals surface area (Å²) < 4.78 is 5.75. The molecule has 0 amide bonds. The first-order valence-corrected chi connectivity index (χ1v) is 8.26. The molecule has 0 radical (unpaired) electrons. The van der Waals surface area contributed by atoms with Gasteiger partial charge < -0.3 is 15.0 Å². The van der Waals surface area contributed by atoms with E-state index in [0.29, 0.717) is 6.04 Å². The van der Waals surface area contributed by atoms with Crippen molar-refractivity contribution in [3.8, 4) is 0 Å². The van der Waals surface area contributed by atoms with Gasteiger partial charge >= 0.3 is 0 Å². The van der Waals surface area contributed by atoms with Crippen molar-refractivity contribution in [2.75, 3.05) is 31.6 Å². The number of anilines is 1. The van der Waals surface area contributed by atoms with E-state index in [9.17, 15) is 0 Å². The summed E-state index contributed by atoms with van der Waals surface area (Å²) in [5, 5.41) is 3.60. The van der Waals surface area contributed by atoms with Crippen molar-refractivity contribution in [2.24, 2.45) is 0 Å². The fraction of sp³-hybridized carbons (Fsp3) is 0.667. The van der Waals surface area contributed by atoms with Gasteiger partial charge in [-0.25, -0.2) is 0 Å². The minimum Gasteiger partial charge on any atom is -0.377 e. The minimum absolute atomic E-state index is 0.0226. The zero-order valence-corrected chi connectivity index (χ0v) is 14.0. The number of benzene rings is 1. The van der Waals surface area contributed by atoms with Crippen LogP contribution in [0.4, 0.5) is 5.69 Å². The third kappa shape index (κ3) is 3.78. The van der Waals surface area contributed by atoms with E-state index in [2.05, 4.69) is 55.3 Å². The Balaban J connectivity index is 2.27. The molecule has 1 aromatic carbocycles. The molecule has 2 unspecified atom stereocenters. The predicted octanol–water partition coefficient (Wildman–Crippen LogP) is 3.75. The van der Waals surface area contributed by atoms with Gasteiger partial charge in [-0.15, -0.1) is 0 Å². The second-order valence-electron chi connectivity index (χ2n) is 6.26. The average Bonchev–Trinajstić information content (AvgIpc) is 2.53. The first kappa shape index (κ1) is 16.3. The van der Waals surface area contributed by atoms with Crippen molar-refractivity contribution in [3.05, 3.63) is 29.8 Å². The Labute approximate surface area is 129 Å². The van der Waals surface area contributed by atoms with Crippen LogP contribution in [0.1, 0.15) is 51.6 Å². The van der Waals surface area contributed by atoms with Crippen LogP contribution in [0.15, 0.2) is 24.3 Å². The summed E-state index contributed by atoms with van der Waals surface area (Å²) in [4.78, 5) is 2.50. The van der Waals surface area contributed by atoms with Crippen molar-refractivity contribution >= 4 is 5.69 Å². The minimum atomic E-state index is -0.0226. The van der Waals surface area contributed by atoms with Gasteiger partial charge in [-0.1, -0.05) is 32.0 Å². The number of nitrogens with one attached hydrogen (secondary N) is 1. The zero-order chi connectivity index (χ0) is 15.3. The lowest BCUT2D eigenvalue weighted by atomic mass is 9.92. The van der Waals surface area contributed by atoms with Crippen LogP contribution in [0.2, 0.25) is 0 Å². The molecule has 0 bridgehead atoms. The Bertz CT molecular complexity index is 449. The van der Waals surface area contributed by atoms with E-state index >= 15 is 0 Å². The van der Waals surface area contributed by atoms with Crippen molar-refractivity contribution < 1.29 is 4.74 Å². The third-order valence-electron chi connectivity index (χ3n) is 4.66. The Hall–Kier alpha value is -1.06. The molecule has 21 heavy (non-hydrogen) atoms. The second kappa shape index (κ2) is 7.28. The molecule has 1 aliphatic heterocycles. The summed E-state index contributed by atoms with van der Waals surface area (Å²) in [5.41, 5.74) is 2.76. The van der Waals surface area contributed by atoms with Crippen LogP contribution in [0.5, 0.6) is 0 Å². The van der Waals surface area contributed by atoms with Gasteiger partial charge in [0.05, 0.1) is 5.60 Å². The van der Waals surface area contributed by atoms with Crippen molar-refractivity contribution in [2.45, 2.75) is 51.7 Å². The highest BCUT2D eigenvalue weighted by Crippen LogP contribution is 2.33. The molecule has 3 heteroatoms. The highest BCUT2D eigenvalue weighted by Gasteiger charge is 2.32. The molecule has 1 aliphatic rings. The maximum absolute atomic E-state index is 5.75. The molecular formula is C18H30N2O. The largest absolute Gasteiger partial charge is 0.377 e. The monoisotopic (exact) mass is 290 g/mol. The third-order valence-corrected chi connectivity index (χ3v) is 4.66. The summed E-state index contributed by atoms with van der Waals surface area (Å²) in [5.74, 6) is 0. The topological polar surface area (TPSA) is 24.5 Å². The number of nitrogens with zero attached hydrogens (tertiary/aromatic N) is 1. The molecule has 1 N–H and O–H groups in total. The molecular weight excluding hydrogens is 260 g/mol. The maximum atomic E-state index is 5.75. The van der Waals surface area contributed by atoms with Crippen molar-refractivity contribution in [3.63, 3.8) is 0 Å². The van der Waals surface area contributed by atoms with Gasteiger partial charge in [0.2, 0.25) is 0 Å². The fourth-order valence-electron chi connectivity index (χ4n) is 3.37. The van der Waals surface area contributed by atoms with E-state index in [-0.39, 0.29) is 5.60 Å². The highest BCUT2D eigenvalue weighted by molar-refractivity contribution is 5.55. The van der Waals surface area contributed by atoms with Crippen LogP contribution >= 0.6 is 0 Å². The second-order valence-corrected chi connectivity index (χ2v) is 6.26. The van der Waals surface area contributed by atoms with E-state index in [1.807, 2.05) is 7.11 Å². The number of methoxy groups -OCH3 is 1. The molecule has 1 saturated heterocycles. The summed E-state index contributed by atoms with van der Waals surface area (Å²) >= 11 is 0. The molecule has 1 aromatic rings. The van der Waals surface area contributed by atoms with E-state index in [0.717, 1.165) is 32.5 Å². The lowest BCUT2D eigenvalue weighted by Gasteiger charge is -2.42. The Morgan fingerprint density at radius 3 is 2.76 bits per heavy atom. The molecule has 1 heterocycles. The van der Waals surface area contributed by atoms with Gasteiger partial charge in [-0.3, -0.25) is 0 Å². The summed E-state index contributed by atoms with van der Waals surface area (Å²) in [6.45, 7) is 9.75. The normalized spacial score (nSPS) is 24.1. The number of hydrogen-bond donors (Lipinski definition) is 1. The SMILES string of the molecule is CCNC(CC)c1ccccc1N1CCCC(C)(OC)C1. The van der Waals surface area contributed by atoms with Gasteiger partial charge in [-0.2, -0.15) is 0 Å². The number of piperidine rings is 1. The number of rotatable bonds is 6. The zero-order valence-electron chi connectivity index (χ0n) is 14.0. The Kier molecular flexibility index (Phi) is 5.65. The van der Waals surface area contributed by atoms with Crippen molar-refractivity contribution in [1.29, 1.82) is 0 Å². The highest BCUT2D eigenvalue weighted by atomic mass is 16.5. The van der Waals surface area contributed by atoms with Crippen molar-refractivity contribution in [1.82, 2.24) is 5.32 Å². The molecule has 3 nitrogen and oxygen atoms in total. The smallest absolute Gasteiger partial charge is 0.0825 e. The van der Waals surface area contributed by atoms with E-state index in [4.69, 9.17) is 4.74 Å². The standard InChI is InChI=1S/C18H30N2O/c1-5-16(19-6-2)15-10-7-8-11-17(15)20-13-9-12-18(3,14-20)21-4/h7-8,10-11,16,19H,5-6,9,12-14H2,1-4H3. The molecule has 0 aliphatic carbocycles. The first-order chi connectivity index (χ1) is 10.1. The van der Waals surface area contributed by atoms with Crippen LogP contribution in [-0.2, 0) is 4.74 Å². The lowest BCUT2D eigenvalue weighted by Crippen LogP contribution is -2.48. The summed E-state index contributed by atoms with van der Waals surface area (Å²) in [7, 11) is 1.84. The Morgan fingerprint density at radius 1 is 1.33 bits per heavy atom. The molecule has 1 fully saturated rings. The van der Waals surface area contributed by atoms with E-state index in [1.54, 1.807) is 0 Å². The summed E-state index contributed by atoms with van der Waals surface area (Å²) in [6, 6.07) is 9.26. The Morgan fingerprint density at radius 2 is 2.10 bits per heavy atom. The van der Waals surface area contributed by atoms with Crippen LogP contribution in [0.25, 0.3) is 0 Å². The quantitative estimate of drug-likeness (QED) is 0.863. The molecule has 2 rings (SSSR count). The van der Waals surface area contributed by atoms with Crippen LogP contribution < -0.4 is 10.2 Å². The number of para-hydroxylation sites is 1. The molecule has 0 aromatic heterocycles. The van der Waals surface area contributed by atoms with E-state index in [1.165, 1.54) is 17.7 Å². The van der Waals surface area contributed by atoms with Gasteiger partial charge in [0.1, 0.15) is 0 Å². The number of hydrogen-bond acceptors (Lipinski definition) is 3. The maximum Gasteiger partial charge on any atom is 0.0825 e. The molecule has 0 spiro atoms. The van der Waals surface area contributed by atoms with Crippen LogP contribution in [0.3, 0.4) is 0 Å². The van der Waals surface area contributed by atoms with Gasteiger partial charge in [0.15, 0.2) is 0 Å². The van der Waals surface area contributed by atoms with Crippen LogP contribution in [-0.4, -0.2) is 32.3 Å². The molecule has 118 valence electrons. The number of ether oxygens (including phenoxy) is 1.